The molecule has 0 radical (unpaired) electrons. The minimum absolute atomic E-state index is 0.154. The number of hydrogen-bond donors (Lipinski definition) is 1. The Bertz CT molecular complexity index is 942. The summed E-state index contributed by atoms with van der Waals surface area (Å²) in [6, 6.07) is 11.5. The normalized spacial score (nSPS) is 11.8. The summed E-state index contributed by atoms with van der Waals surface area (Å²) in [5.41, 5.74) is 2.27. The molecule has 0 bridgehead atoms. The predicted octanol–water partition coefficient (Wildman–Crippen LogP) is 3.08. The fraction of sp³-hybridized carbons (Fsp3) is 0.294. The third kappa shape index (κ3) is 3.90. The largest absolute Gasteiger partial charge is 0.461 e. The molecule has 0 unspecified atom stereocenters. The Morgan fingerprint density at radius 1 is 1.20 bits per heavy atom. The maximum atomic E-state index is 12.0. The van der Waals surface area contributed by atoms with Gasteiger partial charge in [-0.2, -0.15) is 4.98 Å². The first-order chi connectivity index (χ1) is 11.8. The average molecular weight is 360 g/mol. The molecule has 0 aliphatic heterocycles. The van der Waals surface area contributed by atoms with E-state index in [1.54, 1.807) is 12.1 Å². The molecule has 1 aromatic carbocycles. The monoisotopic (exact) mass is 360 g/mol. The van der Waals surface area contributed by atoms with Crippen molar-refractivity contribution in [1.29, 1.82) is 0 Å². The molecular weight excluding hydrogens is 340 g/mol. The Morgan fingerprint density at radius 2 is 1.92 bits per heavy atom. The van der Waals surface area contributed by atoms with Crippen LogP contribution in [0.3, 0.4) is 0 Å². The van der Waals surface area contributed by atoms with E-state index in [2.05, 4.69) is 41.4 Å². The minimum Gasteiger partial charge on any atom is -0.461 e. The summed E-state index contributed by atoms with van der Waals surface area (Å²) in [7, 11) is -3.59. The molecule has 3 rings (SSSR count). The molecule has 7 nitrogen and oxygen atoms in total. The fourth-order valence-electron chi connectivity index (χ4n) is 2.35. The van der Waals surface area contributed by atoms with E-state index in [1.165, 1.54) is 11.8 Å². The quantitative estimate of drug-likeness (QED) is 0.726. The highest BCUT2D eigenvalue weighted by molar-refractivity contribution is 7.89. The summed E-state index contributed by atoms with van der Waals surface area (Å²) < 4.78 is 30.0. The van der Waals surface area contributed by atoms with E-state index in [0.717, 1.165) is 15.9 Å². The summed E-state index contributed by atoms with van der Waals surface area (Å²) in [5, 5.41) is 7.07. The van der Waals surface area contributed by atoms with Gasteiger partial charge in [-0.3, -0.25) is 0 Å². The van der Waals surface area contributed by atoms with Crippen LogP contribution in [-0.2, 0) is 16.6 Å². The van der Waals surface area contributed by atoms with Crippen molar-refractivity contribution in [3.8, 4) is 11.6 Å². The van der Waals surface area contributed by atoms with E-state index in [-0.39, 0.29) is 11.8 Å². The fourth-order valence-corrected chi connectivity index (χ4v) is 2.99. The molecule has 8 heteroatoms. The van der Waals surface area contributed by atoms with Crippen molar-refractivity contribution in [3.63, 3.8) is 0 Å². The van der Waals surface area contributed by atoms with Crippen LogP contribution in [-0.4, -0.2) is 28.8 Å². The average Bonchev–Trinajstić information content (AvgIpc) is 3.22. The minimum atomic E-state index is -3.59. The predicted molar refractivity (Wildman–Crippen MR) is 95.8 cm³/mol. The molecule has 0 spiro atoms. The zero-order valence-electron chi connectivity index (χ0n) is 14.3. The van der Waals surface area contributed by atoms with Crippen molar-refractivity contribution >= 4 is 16.0 Å². The van der Waals surface area contributed by atoms with Gasteiger partial charge in [-0.15, -0.1) is 9.19 Å². The molecular formula is C17H20N4O3S. The number of benzene rings is 1. The number of anilines is 1. The number of rotatable bonds is 6. The second-order valence-corrected chi connectivity index (χ2v) is 7.90. The second kappa shape index (κ2) is 6.72. The summed E-state index contributed by atoms with van der Waals surface area (Å²) in [6.07, 6.45) is 2.57. The van der Waals surface area contributed by atoms with Crippen LogP contribution in [0.4, 0.5) is 5.95 Å². The van der Waals surface area contributed by atoms with Crippen molar-refractivity contribution in [2.45, 2.75) is 26.3 Å². The molecule has 1 N–H and O–H groups in total. The second-order valence-electron chi connectivity index (χ2n) is 6.09. The Kier molecular flexibility index (Phi) is 4.63. The summed E-state index contributed by atoms with van der Waals surface area (Å²) >= 11 is 0. The number of hydrogen-bond acceptors (Lipinski definition) is 6. The van der Waals surface area contributed by atoms with E-state index in [0.29, 0.717) is 18.2 Å². The van der Waals surface area contributed by atoms with Crippen molar-refractivity contribution < 1.29 is 12.8 Å². The van der Waals surface area contributed by atoms with Crippen LogP contribution in [0.25, 0.3) is 11.6 Å². The summed E-state index contributed by atoms with van der Waals surface area (Å²) in [4.78, 5) is 4.25. The Labute approximate surface area is 146 Å². The lowest BCUT2D eigenvalue weighted by molar-refractivity contribution is 0.575. The van der Waals surface area contributed by atoms with Gasteiger partial charge in [0.2, 0.25) is 11.8 Å². The first kappa shape index (κ1) is 17.2. The van der Waals surface area contributed by atoms with Gasteiger partial charge in [0, 0.05) is 6.54 Å². The lowest BCUT2D eigenvalue weighted by atomic mass is 10.0. The van der Waals surface area contributed by atoms with Crippen LogP contribution in [0, 0.1) is 0 Å². The molecule has 2 heterocycles. The van der Waals surface area contributed by atoms with Gasteiger partial charge in [-0.1, -0.05) is 38.1 Å². The van der Waals surface area contributed by atoms with E-state index in [1.807, 2.05) is 12.1 Å². The topological polar surface area (TPSA) is 90.0 Å². The third-order valence-corrected chi connectivity index (χ3v) is 4.61. The van der Waals surface area contributed by atoms with Crippen LogP contribution in [0.5, 0.6) is 0 Å². The molecule has 0 aliphatic carbocycles. The summed E-state index contributed by atoms with van der Waals surface area (Å²) in [5.74, 6) is 1.24. The highest BCUT2D eigenvalue weighted by atomic mass is 32.2. The molecule has 132 valence electrons. The molecule has 0 atom stereocenters. The van der Waals surface area contributed by atoms with Crippen molar-refractivity contribution in [1.82, 2.24) is 14.2 Å². The van der Waals surface area contributed by atoms with Crippen LogP contribution in [0.1, 0.15) is 30.9 Å². The Hall–Kier alpha value is -2.61. The number of nitrogens with one attached hydrogen (secondary N) is 1. The van der Waals surface area contributed by atoms with Gasteiger partial charge in [0.25, 0.3) is 10.0 Å². The van der Waals surface area contributed by atoms with Crippen molar-refractivity contribution in [2.75, 3.05) is 11.6 Å². The van der Waals surface area contributed by atoms with Crippen molar-refractivity contribution in [3.05, 3.63) is 53.8 Å². The number of aromatic nitrogens is 3. The van der Waals surface area contributed by atoms with Gasteiger partial charge in [-0.25, -0.2) is 8.42 Å². The van der Waals surface area contributed by atoms with Crippen molar-refractivity contribution in [2.24, 2.45) is 0 Å². The maximum Gasteiger partial charge on any atom is 0.254 e. The molecule has 25 heavy (non-hydrogen) atoms. The van der Waals surface area contributed by atoms with E-state index in [4.69, 9.17) is 4.42 Å². The smallest absolute Gasteiger partial charge is 0.254 e. The van der Waals surface area contributed by atoms with E-state index < -0.39 is 10.0 Å². The summed E-state index contributed by atoms with van der Waals surface area (Å²) in [6.45, 7) is 4.71. The zero-order chi connectivity index (χ0) is 18.0. The Balaban J connectivity index is 1.84. The zero-order valence-corrected chi connectivity index (χ0v) is 15.1. The lowest BCUT2D eigenvalue weighted by Crippen LogP contribution is -2.16. The molecule has 0 saturated heterocycles. The van der Waals surface area contributed by atoms with Gasteiger partial charge >= 0.3 is 0 Å². The molecule has 2 aromatic heterocycles. The molecule has 3 aromatic rings. The molecule has 0 saturated carbocycles. The number of nitrogens with zero attached hydrogens (tertiary/aromatic N) is 3. The van der Waals surface area contributed by atoms with Gasteiger partial charge in [0.1, 0.15) is 0 Å². The highest BCUT2D eigenvalue weighted by Gasteiger charge is 2.19. The SMILES string of the molecule is CC(C)c1ccc(CNc2nc(-c3ccco3)nn2S(C)(=O)=O)cc1. The van der Waals surface area contributed by atoms with Gasteiger partial charge < -0.3 is 9.73 Å². The molecule has 0 fully saturated rings. The van der Waals surface area contributed by atoms with Crippen LogP contribution >= 0.6 is 0 Å². The maximum absolute atomic E-state index is 12.0. The highest BCUT2D eigenvalue weighted by Crippen LogP contribution is 2.20. The number of furan rings is 1. The standard InChI is InChI=1S/C17H20N4O3S/c1-12(2)14-8-6-13(7-9-14)11-18-17-19-16(15-5-4-10-24-15)20-21(17)25(3,22)23/h4-10,12H,11H2,1-3H3,(H,18,19,20). The third-order valence-electron chi connectivity index (χ3n) is 3.73. The van der Waals surface area contributed by atoms with E-state index >= 15 is 0 Å². The van der Waals surface area contributed by atoms with Crippen LogP contribution < -0.4 is 5.32 Å². The van der Waals surface area contributed by atoms with Gasteiger partial charge in [0.15, 0.2) is 5.76 Å². The van der Waals surface area contributed by atoms with Crippen LogP contribution in [0.15, 0.2) is 47.1 Å². The molecule has 0 amide bonds. The lowest BCUT2D eigenvalue weighted by Gasteiger charge is -2.08. The van der Waals surface area contributed by atoms with E-state index in [9.17, 15) is 8.42 Å². The molecule has 0 aliphatic rings. The first-order valence-electron chi connectivity index (χ1n) is 7.89. The van der Waals surface area contributed by atoms with Crippen LogP contribution in [0.2, 0.25) is 0 Å². The van der Waals surface area contributed by atoms with Gasteiger partial charge in [-0.05, 0) is 29.2 Å². The first-order valence-corrected chi connectivity index (χ1v) is 9.73. The van der Waals surface area contributed by atoms with Gasteiger partial charge in [0.05, 0.1) is 12.5 Å². The Morgan fingerprint density at radius 3 is 2.48 bits per heavy atom.